The first-order valence-corrected chi connectivity index (χ1v) is 17.4. The fraction of sp³-hybridized carbons (Fsp3) is 0.556. The van der Waals surface area contributed by atoms with Crippen molar-refractivity contribution in [3.05, 3.63) is 59.4 Å². The molecular weight excluding hydrogens is 610 g/mol. The number of piperidine rings is 1. The quantitative estimate of drug-likeness (QED) is 0.300. The second-order valence-corrected chi connectivity index (χ2v) is 13.2. The summed E-state index contributed by atoms with van der Waals surface area (Å²) < 4.78 is 11.6. The monoisotopic (exact) mass is 659 g/mol. The molecule has 0 radical (unpaired) electrons. The van der Waals surface area contributed by atoms with Crippen LogP contribution in [0.5, 0.6) is 0 Å². The Kier molecular flexibility index (Phi) is 11.1. The summed E-state index contributed by atoms with van der Waals surface area (Å²) in [6.45, 7) is 7.93. The summed E-state index contributed by atoms with van der Waals surface area (Å²) in [5.41, 5.74) is 5.92. The van der Waals surface area contributed by atoms with Crippen molar-refractivity contribution in [2.24, 2.45) is 0 Å². The molecule has 258 valence electrons. The molecule has 3 aliphatic rings. The van der Waals surface area contributed by atoms with E-state index in [1.54, 1.807) is 11.2 Å². The van der Waals surface area contributed by atoms with E-state index in [1.165, 1.54) is 0 Å². The highest BCUT2D eigenvalue weighted by Crippen LogP contribution is 2.23. The zero-order valence-corrected chi connectivity index (χ0v) is 28.2. The van der Waals surface area contributed by atoms with Gasteiger partial charge in [-0.3, -0.25) is 14.5 Å². The van der Waals surface area contributed by atoms with Gasteiger partial charge in [0.1, 0.15) is 0 Å². The van der Waals surface area contributed by atoms with E-state index >= 15 is 0 Å². The zero-order chi connectivity index (χ0) is 33.5. The Bertz CT molecular complexity index is 1540. The zero-order valence-electron chi connectivity index (χ0n) is 28.2. The molecule has 4 heterocycles. The largest absolute Gasteiger partial charge is 0.436 e. The number of piperazine rings is 1. The lowest BCUT2D eigenvalue weighted by Gasteiger charge is -2.41. The van der Waals surface area contributed by atoms with Crippen LogP contribution in [0, 0.1) is 6.92 Å². The molecular formula is C36H49N7O5. The van der Waals surface area contributed by atoms with Gasteiger partial charge < -0.3 is 34.5 Å². The number of H-pyrrole nitrogens is 1. The molecule has 1 atom stereocenters. The van der Waals surface area contributed by atoms with Gasteiger partial charge >= 0.3 is 6.09 Å². The molecule has 0 unspecified atom stereocenters. The number of carbonyl (C=O) groups excluding carboxylic acids is 3. The highest BCUT2D eigenvalue weighted by molar-refractivity contribution is 5.85. The van der Waals surface area contributed by atoms with Crippen LogP contribution in [-0.4, -0.2) is 132 Å². The van der Waals surface area contributed by atoms with E-state index < -0.39 is 12.2 Å². The summed E-state index contributed by atoms with van der Waals surface area (Å²) in [7, 11) is 1.90. The number of carbonyl (C=O) groups is 3. The van der Waals surface area contributed by atoms with Gasteiger partial charge in [-0.25, -0.2) is 9.78 Å². The minimum atomic E-state index is -0.941. The van der Waals surface area contributed by atoms with Crippen molar-refractivity contribution in [1.29, 1.82) is 0 Å². The molecule has 0 saturated carbocycles. The smallest absolute Gasteiger partial charge is 0.410 e. The molecule has 3 aromatic rings. The molecule has 3 saturated heterocycles. The molecule has 3 aliphatic heterocycles. The third-order valence-corrected chi connectivity index (χ3v) is 10.3. The third-order valence-electron chi connectivity index (χ3n) is 10.3. The standard InChI is InChI=1S/C36H49N7O5/c1-26-21-27(22-32-34(26)39-24-38-32)23-33(35(45)41-17-15-40(16-18-41)30-10-19-47-20-11-30)48-36(46)42-13-8-29(9-14-42)43(25-44)12-7-28-5-3-4-6-31(28)37-2/h3-6,21-22,24-25,29-30,33,37H,7-20,23H2,1-2H3,(H,38,39)/t33-/m1/s1. The molecule has 3 fully saturated rings. The summed E-state index contributed by atoms with van der Waals surface area (Å²) in [5, 5.41) is 3.22. The van der Waals surface area contributed by atoms with Crippen LogP contribution in [0.1, 0.15) is 42.4 Å². The second-order valence-electron chi connectivity index (χ2n) is 13.2. The van der Waals surface area contributed by atoms with E-state index in [4.69, 9.17) is 9.47 Å². The van der Waals surface area contributed by atoms with Gasteiger partial charge in [-0.2, -0.15) is 0 Å². The van der Waals surface area contributed by atoms with E-state index in [0.29, 0.717) is 51.6 Å². The average molecular weight is 660 g/mol. The van der Waals surface area contributed by atoms with Gasteiger partial charge in [0.25, 0.3) is 5.91 Å². The number of rotatable bonds is 11. The van der Waals surface area contributed by atoms with E-state index in [9.17, 15) is 14.4 Å². The number of aromatic nitrogens is 2. The van der Waals surface area contributed by atoms with Crippen LogP contribution in [0.2, 0.25) is 0 Å². The van der Waals surface area contributed by atoms with Gasteiger partial charge in [-0.05, 0) is 67.9 Å². The molecule has 6 rings (SSSR count). The maximum absolute atomic E-state index is 14.0. The number of para-hydroxylation sites is 1. The normalized spacial score (nSPS) is 18.9. The predicted molar refractivity (Wildman–Crippen MR) is 184 cm³/mol. The number of nitrogens with zero attached hydrogens (tertiary/aromatic N) is 5. The summed E-state index contributed by atoms with van der Waals surface area (Å²) >= 11 is 0. The van der Waals surface area contributed by atoms with Crippen LogP contribution in [-0.2, 0) is 31.9 Å². The average Bonchev–Trinajstić information content (AvgIpc) is 3.62. The number of aryl methyl sites for hydroxylation is 1. The van der Waals surface area contributed by atoms with Gasteiger partial charge in [0.2, 0.25) is 6.41 Å². The maximum Gasteiger partial charge on any atom is 0.410 e. The number of hydrogen-bond acceptors (Lipinski definition) is 8. The van der Waals surface area contributed by atoms with Crippen LogP contribution in [0.4, 0.5) is 10.5 Å². The molecule has 0 spiro atoms. The first-order valence-electron chi connectivity index (χ1n) is 17.4. The summed E-state index contributed by atoms with van der Waals surface area (Å²) in [4.78, 5) is 55.2. The lowest BCUT2D eigenvalue weighted by Crippen LogP contribution is -2.56. The van der Waals surface area contributed by atoms with Crippen LogP contribution in [0.15, 0.2) is 42.7 Å². The highest BCUT2D eigenvalue weighted by atomic mass is 16.6. The van der Waals surface area contributed by atoms with E-state index in [-0.39, 0.29) is 18.4 Å². The van der Waals surface area contributed by atoms with Crippen molar-refractivity contribution in [3.8, 4) is 0 Å². The van der Waals surface area contributed by atoms with Gasteiger partial charge in [-0.15, -0.1) is 0 Å². The van der Waals surface area contributed by atoms with Crippen molar-refractivity contribution < 1.29 is 23.9 Å². The molecule has 2 N–H and O–H groups in total. The Morgan fingerprint density at radius 1 is 1.06 bits per heavy atom. The van der Waals surface area contributed by atoms with Crippen LogP contribution >= 0.6 is 0 Å². The number of anilines is 1. The Labute approximate surface area is 282 Å². The second kappa shape index (κ2) is 15.8. The Hall–Kier alpha value is -4.16. The van der Waals surface area contributed by atoms with Crippen LogP contribution in [0.3, 0.4) is 0 Å². The molecule has 48 heavy (non-hydrogen) atoms. The third kappa shape index (κ3) is 7.92. The van der Waals surface area contributed by atoms with Crippen molar-refractivity contribution >= 4 is 35.1 Å². The Balaban J connectivity index is 1.08. The van der Waals surface area contributed by atoms with Gasteiger partial charge in [0.15, 0.2) is 6.10 Å². The first kappa shape index (κ1) is 33.7. The molecule has 1 aromatic heterocycles. The van der Waals surface area contributed by atoms with Gasteiger partial charge in [0, 0.05) is 90.3 Å². The van der Waals surface area contributed by atoms with E-state index in [2.05, 4.69) is 26.3 Å². The Morgan fingerprint density at radius 2 is 1.81 bits per heavy atom. The molecule has 12 heteroatoms. The van der Waals surface area contributed by atoms with Gasteiger partial charge in [0.05, 0.1) is 17.4 Å². The number of nitrogens with one attached hydrogen (secondary N) is 2. The van der Waals surface area contributed by atoms with Crippen molar-refractivity contribution in [2.75, 3.05) is 71.4 Å². The van der Waals surface area contributed by atoms with E-state index in [1.807, 2.05) is 54.1 Å². The molecule has 12 nitrogen and oxygen atoms in total. The minimum absolute atomic E-state index is 0.0434. The van der Waals surface area contributed by atoms with Crippen LogP contribution in [0.25, 0.3) is 11.0 Å². The maximum atomic E-state index is 14.0. The van der Waals surface area contributed by atoms with E-state index in [0.717, 1.165) is 85.4 Å². The SMILES string of the molecule is CNc1ccccc1CCN(C=O)C1CCN(C(=O)O[C@H](Cc2cc(C)c3nc[nH]c3c2)C(=O)N2CCN(C3CCOCC3)CC2)CC1. The topological polar surface area (TPSA) is 123 Å². The van der Waals surface area contributed by atoms with Crippen molar-refractivity contribution in [3.63, 3.8) is 0 Å². The minimum Gasteiger partial charge on any atom is -0.436 e. The first-order chi connectivity index (χ1) is 23.4. The molecule has 3 amide bonds. The predicted octanol–water partition coefficient (Wildman–Crippen LogP) is 3.45. The number of likely N-dealkylation sites (tertiary alicyclic amines) is 1. The number of imidazole rings is 1. The molecule has 2 aromatic carbocycles. The number of ether oxygens (including phenoxy) is 2. The summed E-state index contributed by atoms with van der Waals surface area (Å²) in [6.07, 6.45) is 5.56. The number of fused-ring (bicyclic) bond motifs is 1. The fourth-order valence-corrected chi connectivity index (χ4v) is 7.50. The number of amides is 3. The number of hydrogen-bond donors (Lipinski definition) is 2. The van der Waals surface area contributed by atoms with Crippen molar-refractivity contribution in [2.45, 2.75) is 63.6 Å². The molecule has 0 aliphatic carbocycles. The lowest BCUT2D eigenvalue weighted by molar-refractivity contribution is -0.143. The number of benzene rings is 2. The lowest BCUT2D eigenvalue weighted by atomic mass is 10.0. The number of aromatic amines is 1. The summed E-state index contributed by atoms with van der Waals surface area (Å²) in [6, 6.07) is 12.7. The fourth-order valence-electron chi connectivity index (χ4n) is 7.50. The summed E-state index contributed by atoms with van der Waals surface area (Å²) in [5.74, 6) is -0.152. The highest BCUT2D eigenvalue weighted by Gasteiger charge is 2.35. The molecule has 0 bridgehead atoms. The van der Waals surface area contributed by atoms with Gasteiger partial charge in [-0.1, -0.05) is 24.3 Å². The van der Waals surface area contributed by atoms with Crippen molar-refractivity contribution in [1.82, 2.24) is 29.6 Å². The van der Waals surface area contributed by atoms with Crippen LogP contribution < -0.4 is 5.32 Å². The Morgan fingerprint density at radius 3 is 2.54 bits per heavy atom.